The standard InChI is InChI=1S/C29H28ClFN6OS/c1-29(2,3)26-15-27(37(35-26)22-8-5-20(30)6-9-22)34-28(38)32-16-19-13-21(31)7-12-25(19)39-23-10-11-24-18(14-23)17-33-36(24)4/h5-15,17H,16H2,1-4H3,(H2,32,34,38). The number of fused-ring (bicyclic) bond motifs is 1. The average molecular weight is 563 g/mol. The molecule has 0 aliphatic heterocycles. The molecule has 2 amide bonds. The van der Waals surface area contributed by atoms with Gasteiger partial charge in [0.15, 0.2) is 0 Å². The van der Waals surface area contributed by atoms with Crippen LogP contribution in [0.2, 0.25) is 5.02 Å². The van der Waals surface area contributed by atoms with Crippen molar-refractivity contribution >= 4 is 46.1 Å². The smallest absolute Gasteiger partial charge is 0.320 e. The number of aromatic nitrogens is 4. The summed E-state index contributed by atoms with van der Waals surface area (Å²) >= 11 is 7.57. The number of benzene rings is 3. The molecule has 2 heterocycles. The molecule has 0 saturated carbocycles. The Morgan fingerprint density at radius 3 is 2.56 bits per heavy atom. The third-order valence-electron chi connectivity index (χ3n) is 6.20. The van der Waals surface area contributed by atoms with Gasteiger partial charge in [-0.2, -0.15) is 10.2 Å². The number of urea groups is 1. The molecule has 7 nitrogen and oxygen atoms in total. The highest BCUT2D eigenvalue weighted by molar-refractivity contribution is 7.99. The van der Waals surface area contributed by atoms with Gasteiger partial charge in [-0.25, -0.2) is 13.9 Å². The minimum absolute atomic E-state index is 0.141. The SMILES string of the molecule is Cn1ncc2cc(Sc3ccc(F)cc3CNC(=O)Nc3cc(C(C)(C)C)nn3-c3ccc(Cl)cc3)ccc21. The fourth-order valence-corrected chi connectivity index (χ4v) is 5.17. The van der Waals surface area contributed by atoms with Crippen molar-refractivity contribution in [1.29, 1.82) is 0 Å². The molecular weight excluding hydrogens is 535 g/mol. The Labute approximate surface area is 235 Å². The maximum Gasteiger partial charge on any atom is 0.320 e. The molecule has 10 heteroatoms. The molecule has 5 rings (SSSR count). The molecule has 0 aliphatic carbocycles. The summed E-state index contributed by atoms with van der Waals surface area (Å²) in [4.78, 5) is 14.8. The topological polar surface area (TPSA) is 76.8 Å². The highest BCUT2D eigenvalue weighted by atomic mass is 35.5. The molecule has 0 spiro atoms. The molecule has 0 saturated heterocycles. The van der Waals surface area contributed by atoms with Gasteiger partial charge in [-0.05, 0) is 66.2 Å². The Morgan fingerprint density at radius 2 is 1.82 bits per heavy atom. The second-order valence-corrected chi connectivity index (χ2v) is 11.8. The van der Waals surface area contributed by atoms with E-state index in [1.165, 1.54) is 23.9 Å². The van der Waals surface area contributed by atoms with Crippen molar-refractivity contribution in [3.8, 4) is 5.69 Å². The summed E-state index contributed by atoms with van der Waals surface area (Å²) in [5.74, 6) is 0.147. The predicted molar refractivity (Wildman–Crippen MR) is 154 cm³/mol. The lowest BCUT2D eigenvalue weighted by molar-refractivity contribution is 0.251. The predicted octanol–water partition coefficient (Wildman–Crippen LogP) is 7.32. The molecule has 0 unspecified atom stereocenters. The Hall–Kier alpha value is -3.82. The van der Waals surface area contributed by atoms with Gasteiger partial charge >= 0.3 is 6.03 Å². The van der Waals surface area contributed by atoms with Crippen molar-refractivity contribution in [2.75, 3.05) is 5.32 Å². The number of nitrogens with one attached hydrogen (secondary N) is 2. The summed E-state index contributed by atoms with van der Waals surface area (Å²) in [6.45, 7) is 6.31. The summed E-state index contributed by atoms with van der Waals surface area (Å²) in [6, 6.07) is 19.3. The summed E-state index contributed by atoms with van der Waals surface area (Å²) in [5.41, 5.74) is 3.06. The third-order valence-corrected chi connectivity index (χ3v) is 7.56. The molecule has 200 valence electrons. The van der Waals surface area contributed by atoms with E-state index in [1.54, 1.807) is 22.9 Å². The zero-order valence-electron chi connectivity index (χ0n) is 22.0. The molecule has 0 radical (unpaired) electrons. The van der Waals surface area contributed by atoms with Crippen molar-refractivity contribution in [2.24, 2.45) is 7.05 Å². The molecule has 2 N–H and O–H groups in total. The second-order valence-electron chi connectivity index (χ2n) is 10.2. The third kappa shape index (κ3) is 6.10. The van der Waals surface area contributed by atoms with Gasteiger partial charge in [0.1, 0.15) is 11.6 Å². The molecule has 0 bridgehead atoms. The zero-order chi connectivity index (χ0) is 27.7. The molecular formula is C29H28ClFN6OS. The van der Waals surface area contributed by atoms with Crippen molar-refractivity contribution in [3.63, 3.8) is 0 Å². The van der Waals surface area contributed by atoms with Crippen LogP contribution in [-0.4, -0.2) is 25.6 Å². The normalized spacial score (nSPS) is 11.6. The molecule has 0 aliphatic rings. The van der Waals surface area contributed by atoms with Gasteiger partial charge in [0.25, 0.3) is 0 Å². The quantitative estimate of drug-likeness (QED) is 0.227. The summed E-state index contributed by atoms with van der Waals surface area (Å²) in [5, 5.41) is 16.4. The first-order valence-electron chi connectivity index (χ1n) is 12.4. The molecule has 39 heavy (non-hydrogen) atoms. The van der Waals surface area contributed by atoms with E-state index in [9.17, 15) is 9.18 Å². The van der Waals surface area contributed by atoms with Gasteiger partial charge < -0.3 is 5.32 Å². The van der Waals surface area contributed by atoms with Crippen molar-refractivity contribution in [3.05, 3.63) is 95.0 Å². The lowest BCUT2D eigenvalue weighted by Gasteiger charge is -2.14. The number of rotatable bonds is 6. The lowest BCUT2D eigenvalue weighted by Crippen LogP contribution is -2.29. The van der Waals surface area contributed by atoms with Crippen LogP contribution in [0.3, 0.4) is 0 Å². The number of carbonyl (C=O) groups excluding carboxylic acids is 1. The van der Waals surface area contributed by atoms with Crippen LogP contribution >= 0.6 is 23.4 Å². The van der Waals surface area contributed by atoms with Gasteiger partial charge in [0.2, 0.25) is 0 Å². The summed E-state index contributed by atoms with van der Waals surface area (Å²) in [7, 11) is 1.90. The highest BCUT2D eigenvalue weighted by Crippen LogP contribution is 2.33. The maximum absolute atomic E-state index is 14.2. The minimum Gasteiger partial charge on any atom is -0.334 e. The fourth-order valence-electron chi connectivity index (χ4n) is 4.07. The zero-order valence-corrected chi connectivity index (χ0v) is 23.6. The van der Waals surface area contributed by atoms with Gasteiger partial charge in [-0.1, -0.05) is 44.1 Å². The number of amides is 2. The van der Waals surface area contributed by atoms with Crippen LogP contribution in [0.5, 0.6) is 0 Å². The second kappa shape index (κ2) is 10.7. The number of carbonyl (C=O) groups is 1. The number of halogens is 2. The number of hydrogen-bond acceptors (Lipinski definition) is 4. The van der Waals surface area contributed by atoms with Crippen LogP contribution in [0.4, 0.5) is 15.0 Å². The lowest BCUT2D eigenvalue weighted by atomic mass is 9.92. The van der Waals surface area contributed by atoms with E-state index in [1.807, 2.05) is 54.3 Å². The van der Waals surface area contributed by atoms with E-state index in [0.717, 1.165) is 32.1 Å². The summed E-state index contributed by atoms with van der Waals surface area (Å²) < 4.78 is 17.7. The van der Waals surface area contributed by atoms with E-state index < -0.39 is 6.03 Å². The largest absolute Gasteiger partial charge is 0.334 e. The number of hydrogen-bond donors (Lipinski definition) is 2. The van der Waals surface area contributed by atoms with Crippen LogP contribution in [0.15, 0.2) is 82.7 Å². The van der Waals surface area contributed by atoms with E-state index in [0.29, 0.717) is 16.4 Å². The van der Waals surface area contributed by atoms with Crippen LogP contribution in [0.25, 0.3) is 16.6 Å². The summed E-state index contributed by atoms with van der Waals surface area (Å²) in [6.07, 6.45) is 1.82. The molecule has 0 fully saturated rings. The van der Waals surface area contributed by atoms with Gasteiger partial charge in [-0.15, -0.1) is 0 Å². The van der Waals surface area contributed by atoms with Crippen LogP contribution in [0.1, 0.15) is 32.0 Å². The maximum atomic E-state index is 14.2. The van der Waals surface area contributed by atoms with Crippen LogP contribution in [0, 0.1) is 5.82 Å². The van der Waals surface area contributed by atoms with E-state index in [-0.39, 0.29) is 17.8 Å². The number of anilines is 1. The van der Waals surface area contributed by atoms with E-state index >= 15 is 0 Å². The van der Waals surface area contributed by atoms with Crippen molar-refractivity contribution in [1.82, 2.24) is 24.9 Å². The van der Waals surface area contributed by atoms with Gasteiger partial charge in [-0.3, -0.25) is 10.00 Å². The highest BCUT2D eigenvalue weighted by Gasteiger charge is 2.21. The first kappa shape index (κ1) is 26.8. The Balaban J connectivity index is 1.33. The first-order valence-corrected chi connectivity index (χ1v) is 13.6. The molecule has 5 aromatic rings. The Bertz CT molecular complexity index is 1660. The number of nitrogens with zero attached hydrogens (tertiary/aromatic N) is 4. The fraction of sp³-hybridized carbons (Fsp3) is 0.207. The van der Waals surface area contributed by atoms with Crippen molar-refractivity contribution < 1.29 is 9.18 Å². The molecule has 2 aromatic heterocycles. The van der Waals surface area contributed by atoms with Gasteiger partial charge in [0.05, 0.1) is 23.1 Å². The first-order chi connectivity index (χ1) is 18.6. The minimum atomic E-state index is -0.428. The van der Waals surface area contributed by atoms with Crippen molar-refractivity contribution in [2.45, 2.75) is 42.5 Å². The van der Waals surface area contributed by atoms with Crippen LogP contribution in [-0.2, 0) is 19.0 Å². The Morgan fingerprint density at radius 1 is 1.05 bits per heavy atom. The average Bonchev–Trinajstić information content (AvgIpc) is 3.48. The van der Waals surface area contributed by atoms with Crippen LogP contribution < -0.4 is 10.6 Å². The van der Waals surface area contributed by atoms with Gasteiger partial charge in [0, 0.05) is 45.3 Å². The van der Waals surface area contributed by atoms with E-state index in [4.69, 9.17) is 16.7 Å². The van der Waals surface area contributed by atoms with E-state index in [2.05, 4.69) is 36.5 Å². The monoisotopic (exact) mass is 562 g/mol. The molecule has 0 atom stereocenters. The Kier molecular flexibility index (Phi) is 7.38. The number of aryl methyl sites for hydroxylation is 1. The molecule has 3 aromatic carbocycles.